The summed E-state index contributed by atoms with van der Waals surface area (Å²) in [6.45, 7) is 2.08. The number of hydrogen-bond acceptors (Lipinski definition) is 5. The lowest BCUT2D eigenvalue weighted by atomic mass is 10.1. The molecule has 1 atom stereocenters. The average Bonchev–Trinajstić information content (AvgIpc) is 3.17. The lowest BCUT2D eigenvalue weighted by molar-refractivity contribution is 0.275. The molecule has 0 aliphatic heterocycles. The summed E-state index contributed by atoms with van der Waals surface area (Å²) in [7, 11) is 0. The maximum atomic E-state index is 9.39. The Morgan fingerprint density at radius 2 is 2.33 bits per heavy atom. The molecule has 3 rings (SSSR count). The summed E-state index contributed by atoms with van der Waals surface area (Å²) < 4.78 is 1.87. The van der Waals surface area contributed by atoms with Crippen LogP contribution in [0.3, 0.4) is 0 Å². The first-order valence-electron chi connectivity index (χ1n) is 7.65. The predicted molar refractivity (Wildman–Crippen MR) is 86.0 cm³/mol. The van der Waals surface area contributed by atoms with E-state index in [0.717, 1.165) is 16.5 Å². The summed E-state index contributed by atoms with van der Waals surface area (Å²) in [4.78, 5) is 5.65. The maximum Gasteiger partial charge on any atom is 0.214 e. The van der Waals surface area contributed by atoms with Crippen LogP contribution >= 0.6 is 11.3 Å². The van der Waals surface area contributed by atoms with Gasteiger partial charge in [0.2, 0.25) is 10.1 Å². The van der Waals surface area contributed by atoms with E-state index >= 15 is 0 Å². The largest absolute Gasteiger partial charge is 0.394 e. The van der Waals surface area contributed by atoms with Crippen molar-refractivity contribution in [3.8, 4) is 0 Å². The molecule has 0 radical (unpaired) electrons. The lowest BCUT2D eigenvalue weighted by Gasteiger charge is -2.12. The molecule has 2 N–H and O–H groups in total. The second kappa shape index (κ2) is 6.58. The first-order valence-corrected chi connectivity index (χ1v) is 8.46. The van der Waals surface area contributed by atoms with Gasteiger partial charge in [-0.25, -0.2) is 9.50 Å². The molecule has 1 unspecified atom stereocenters. The van der Waals surface area contributed by atoms with E-state index in [0.29, 0.717) is 5.92 Å². The Bertz CT molecular complexity index is 581. The van der Waals surface area contributed by atoms with E-state index in [4.69, 9.17) is 4.98 Å². The highest BCUT2D eigenvalue weighted by molar-refractivity contribution is 7.20. The van der Waals surface area contributed by atoms with E-state index < -0.39 is 0 Å². The third-order valence-corrected chi connectivity index (χ3v) is 4.89. The minimum atomic E-state index is 0.00589. The quantitative estimate of drug-likeness (QED) is 0.805. The third kappa shape index (κ3) is 3.27. The molecule has 0 spiro atoms. The number of nitrogens with one attached hydrogen (secondary N) is 1. The van der Waals surface area contributed by atoms with Crippen molar-refractivity contribution < 1.29 is 5.11 Å². The molecule has 0 bridgehead atoms. The number of aliphatic hydroxyl groups is 1. The molecule has 1 fully saturated rings. The van der Waals surface area contributed by atoms with Crippen molar-refractivity contribution in [1.29, 1.82) is 0 Å². The van der Waals surface area contributed by atoms with Crippen LogP contribution in [0.1, 0.15) is 50.6 Å². The minimum Gasteiger partial charge on any atom is -0.394 e. The molecule has 2 aromatic heterocycles. The molecule has 1 aliphatic carbocycles. The van der Waals surface area contributed by atoms with Gasteiger partial charge in [0, 0.05) is 5.92 Å². The van der Waals surface area contributed by atoms with Crippen molar-refractivity contribution in [1.82, 2.24) is 14.6 Å². The van der Waals surface area contributed by atoms with Gasteiger partial charge < -0.3 is 10.4 Å². The zero-order valence-corrected chi connectivity index (χ0v) is 13.1. The van der Waals surface area contributed by atoms with Gasteiger partial charge in [-0.1, -0.05) is 36.3 Å². The van der Waals surface area contributed by atoms with Gasteiger partial charge in [-0.2, -0.15) is 0 Å². The van der Waals surface area contributed by atoms with Crippen LogP contribution in [-0.4, -0.2) is 32.4 Å². The zero-order valence-electron chi connectivity index (χ0n) is 12.3. The van der Waals surface area contributed by atoms with Crippen LogP contribution in [0.4, 0.5) is 5.13 Å². The summed E-state index contributed by atoms with van der Waals surface area (Å²) in [5.74, 6) is 0.621. The number of imidazole rings is 1. The molecule has 0 saturated heterocycles. The van der Waals surface area contributed by atoms with Gasteiger partial charge in [0.15, 0.2) is 0 Å². The van der Waals surface area contributed by atoms with Crippen LogP contribution in [-0.2, 0) is 0 Å². The molecule has 1 aliphatic rings. The smallest absolute Gasteiger partial charge is 0.214 e. The fourth-order valence-corrected chi connectivity index (χ4v) is 3.71. The Kier molecular flexibility index (Phi) is 4.55. The summed E-state index contributed by atoms with van der Waals surface area (Å²) in [5.41, 5.74) is 1.19. The minimum absolute atomic E-state index is 0.00589. The summed E-state index contributed by atoms with van der Waals surface area (Å²) in [6.07, 6.45) is 12.0. The number of fused-ring (bicyclic) bond motifs is 1. The van der Waals surface area contributed by atoms with Gasteiger partial charge in [-0.3, -0.25) is 0 Å². The first-order chi connectivity index (χ1) is 10.3. The van der Waals surface area contributed by atoms with Gasteiger partial charge in [0.1, 0.15) is 0 Å². The number of aliphatic hydroxyl groups excluding tert-OH is 1. The fraction of sp³-hybridized carbons (Fsp3) is 0.600. The van der Waals surface area contributed by atoms with Crippen LogP contribution < -0.4 is 5.32 Å². The molecule has 2 aromatic rings. The molecular weight excluding hydrogens is 284 g/mol. The number of hydrogen-bond donors (Lipinski definition) is 2. The molecule has 6 heteroatoms. The molecule has 5 nitrogen and oxygen atoms in total. The van der Waals surface area contributed by atoms with Crippen LogP contribution in [0.25, 0.3) is 4.96 Å². The van der Waals surface area contributed by atoms with Gasteiger partial charge in [-0.15, -0.1) is 5.10 Å². The van der Waals surface area contributed by atoms with Crippen molar-refractivity contribution in [2.45, 2.75) is 51.0 Å². The van der Waals surface area contributed by atoms with Crippen molar-refractivity contribution >= 4 is 21.4 Å². The van der Waals surface area contributed by atoms with Crippen LogP contribution in [0.15, 0.2) is 18.3 Å². The van der Waals surface area contributed by atoms with E-state index in [1.165, 1.54) is 31.4 Å². The van der Waals surface area contributed by atoms with Gasteiger partial charge in [-0.05, 0) is 26.2 Å². The Morgan fingerprint density at radius 1 is 1.52 bits per heavy atom. The highest BCUT2D eigenvalue weighted by atomic mass is 32.1. The van der Waals surface area contributed by atoms with Crippen molar-refractivity contribution in [2.24, 2.45) is 0 Å². The Labute approximate surface area is 128 Å². The first kappa shape index (κ1) is 14.5. The molecule has 1 saturated carbocycles. The molecular formula is C15H22N4OS. The van der Waals surface area contributed by atoms with E-state index in [9.17, 15) is 5.11 Å². The van der Waals surface area contributed by atoms with E-state index in [1.807, 2.05) is 23.6 Å². The van der Waals surface area contributed by atoms with Crippen LogP contribution in [0.2, 0.25) is 0 Å². The Hall–Kier alpha value is -1.40. The zero-order chi connectivity index (χ0) is 14.7. The summed E-state index contributed by atoms with van der Waals surface area (Å²) in [5, 5.41) is 18.0. The maximum absolute atomic E-state index is 9.39. The average molecular weight is 306 g/mol. The Balaban J connectivity index is 1.71. The lowest BCUT2D eigenvalue weighted by Crippen LogP contribution is -2.22. The van der Waals surface area contributed by atoms with Crippen LogP contribution in [0.5, 0.6) is 0 Å². The molecule has 0 amide bonds. The fourth-order valence-electron chi connectivity index (χ4n) is 2.85. The van der Waals surface area contributed by atoms with E-state index in [1.54, 1.807) is 11.3 Å². The number of nitrogens with zero attached hydrogens (tertiary/aromatic N) is 3. The SMILES string of the molecule is C/C=C/CC(CO)Nc1nn2cc(C3CCCC3)nc2s1. The van der Waals surface area contributed by atoms with Crippen molar-refractivity contribution in [3.05, 3.63) is 24.0 Å². The number of allylic oxidation sites excluding steroid dienone is 1. The number of rotatable bonds is 6. The van der Waals surface area contributed by atoms with Crippen molar-refractivity contribution in [2.75, 3.05) is 11.9 Å². The van der Waals surface area contributed by atoms with Crippen molar-refractivity contribution in [3.63, 3.8) is 0 Å². The van der Waals surface area contributed by atoms with Gasteiger partial charge in [0.05, 0.1) is 24.5 Å². The second-order valence-corrected chi connectivity index (χ2v) is 6.57. The summed E-state index contributed by atoms with van der Waals surface area (Å²) >= 11 is 1.55. The second-order valence-electron chi connectivity index (χ2n) is 5.61. The Morgan fingerprint density at radius 3 is 3.00 bits per heavy atom. The third-order valence-electron chi connectivity index (χ3n) is 4.04. The molecule has 0 aromatic carbocycles. The molecule has 2 heterocycles. The van der Waals surface area contributed by atoms with Gasteiger partial charge >= 0.3 is 0 Å². The van der Waals surface area contributed by atoms with Gasteiger partial charge in [0.25, 0.3) is 0 Å². The summed E-state index contributed by atoms with van der Waals surface area (Å²) in [6, 6.07) is 0.00589. The van der Waals surface area contributed by atoms with Crippen LogP contribution in [0, 0.1) is 0 Å². The molecule has 21 heavy (non-hydrogen) atoms. The van der Waals surface area contributed by atoms with E-state index in [-0.39, 0.29) is 12.6 Å². The monoisotopic (exact) mass is 306 g/mol. The predicted octanol–water partition coefficient (Wildman–Crippen LogP) is 3.19. The highest BCUT2D eigenvalue weighted by Gasteiger charge is 2.21. The topological polar surface area (TPSA) is 62.5 Å². The normalized spacial score (nSPS) is 18.0. The van der Waals surface area contributed by atoms with E-state index in [2.05, 4.69) is 16.6 Å². The standard InChI is InChI=1S/C15H22N4OS/c1-2-3-8-12(10-20)16-14-18-19-9-13(17-15(19)21-14)11-6-4-5-7-11/h2-3,9,11-12,20H,4-8,10H2,1H3,(H,16,18)/b3-2+. The highest BCUT2D eigenvalue weighted by Crippen LogP contribution is 2.34. The molecule has 114 valence electrons. The number of anilines is 1. The number of aromatic nitrogens is 3.